The predicted octanol–water partition coefficient (Wildman–Crippen LogP) is 13.7. The molecular weight excluding hydrogens is 629 g/mol. The quantitative estimate of drug-likeness (QED) is 0.188. The van der Waals surface area contributed by atoms with Gasteiger partial charge in [0.1, 0.15) is 11.2 Å². The number of benzene rings is 8. The van der Waals surface area contributed by atoms with Crippen LogP contribution in [0.5, 0.6) is 0 Å². The summed E-state index contributed by atoms with van der Waals surface area (Å²) in [4.78, 5) is 2.44. The Hall–Kier alpha value is -6.36. The van der Waals surface area contributed by atoms with Crippen LogP contribution in [0, 0.1) is 0 Å². The molecule has 3 heterocycles. The molecule has 0 aliphatic heterocycles. The molecule has 0 aliphatic carbocycles. The number of furan rings is 1. The van der Waals surface area contributed by atoms with Gasteiger partial charge in [0.25, 0.3) is 0 Å². The lowest BCUT2D eigenvalue weighted by atomic mass is 10.0. The van der Waals surface area contributed by atoms with Crippen molar-refractivity contribution in [1.29, 1.82) is 0 Å². The summed E-state index contributed by atoms with van der Waals surface area (Å²) in [6.07, 6.45) is 0. The molecule has 0 saturated carbocycles. The van der Waals surface area contributed by atoms with Gasteiger partial charge in [-0.1, -0.05) is 91.0 Å². The van der Waals surface area contributed by atoms with Crippen LogP contribution < -0.4 is 4.90 Å². The van der Waals surface area contributed by atoms with Gasteiger partial charge >= 0.3 is 0 Å². The first-order valence-electron chi connectivity index (χ1n) is 16.9. The smallest absolute Gasteiger partial charge is 0.136 e. The van der Waals surface area contributed by atoms with Crippen LogP contribution in [0.25, 0.3) is 80.4 Å². The van der Waals surface area contributed by atoms with E-state index in [0.29, 0.717) is 0 Å². The van der Waals surface area contributed by atoms with Crippen LogP contribution in [-0.2, 0) is 0 Å². The zero-order valence-electron chi connectivity index (χ0n) is 26.9. The molecule has 0 N–H and O–H groups in total. The van der Waals surface area contributed by atoms with E-state index in [1.807, 2.05) is 23.5 Å². The topological polar surface area (TPSA) is 21.3 Å². The first kappa shape index (κ1) is 27.6. The van der Waals surface area contributed by atoms with E-state index >= 15 is 0 Å². The molecule has 0 aliphatic rings. The summed E-state index contributed by atoms with van der Waals surface area (Å²) in [6.45, 7) is 0. The lowest BCUT2D eigenvalue weighted by molar-refractivity contribution is 0.669. The maximum atomic E-state index is 6.35. The minimum absolute atomic E-state index is 0.903. The van der Waals surface area contributed by atoms with E-state index in [4.69, 9.17) is 4.42 Å². The minimum atomic E-state index is 0.903. The Balaban J connectivity index is 1.23. The molecule has 3 aromatic heterocycles. The number of hydrogen-bond donors (Lipinski definition) is 0. The van der Waals surface area contributed by atoms with Gasteiger partial charge in [0.2, 0.25) is 0 Å². The predicted molar refractivity (Wildman–Crippen MR) is 213 cm³/mol. The van der Waals surface area contributed by atoms with Gasteiger partial charge in [-0.3, -0.25) is 0 Å². The lowest BCUT2D eigenvalue weighted by Crippen LogP contribution is -2.11. The fourth-order valence-electron chi connectivity index (χ4n) is 7.90. The average Bonchev–Trinajstić information content (AvgIpc) is 3.84. The minimum Gasteiger partial charge on any atom is -0.456 e. The van der Waals surface area contributed by atoms with E-state index in [9.17, 15) is 0 Å². The molecule has 0 amide bonds. The third kappa shape index (κ3) is 4.03. The normalized spacial score (nSPS) is 12.0. The van der Waals surface area contributed by atoms with Crippen molar-refractivity contribution in [2.75, 3.05) is 4.90 Å². The van der Waals surface area contributed by atoms with Gasteiger partial charge in [-0.15, -0.1) is 11.3 Å². The number of para-hydroxylation sites is 4. The molecule has 4 heteroatoms. The molecule has 0 radical (unpaired) electrons. The third-order valence-corrected chi connectivity index (χ3v) is 11.3. The van der Waals surface area contributed by atoms with Crippen molar-refractivity contribution in [3.8, 4) is 5.69 Å². The third-order valence-electron chi connectivity index (χ3n) is 10.1. The monoisotopic (exact) mass is 656 g/mol. The molecular formula is C46H28N2OS. The van der Waals surface area contributed by atoms with Crippen LogP contribution in [-0.4, -0.2) is 4.57 Å². The van der Waals surface area contributed by atoms with Crippen LogP contribution in [0.15, 0.2) is 174 Å². The first-order valence-corrected chi connectivity index (χ1v) is 17.7. The standard InChI is InChI=1S/C46H28N2OS/c1-2-11-31(12-3-1)48-40-17-7-4-13-34(40)37-16-10-18-41(46(37)48)47(33-23-24-45-39(28-33)36-15-6-9-20-44(36)50-45)32-22-21-29-26-38-35-14-5-8-19-42(35)49-43(38)27-30(29)25-32/h1-28H. The van der Waals surface area contributed by atoms with Gasteiger partial charge in [0, 0.05) is 58.8 Å². The molecule has 50 heavy (non-hydrogen) atoms. The van der Waals surface area contributed by atoms with Gasteiger partial charge in [-0.05, 0) is 89.6 Å². The maximum absolute atomic E-state index is 6.35. The van der Waals surface area contributed by atoms with Crippen LogP contribution in [0.1, 0.15) is 0 Å². The number of aromatic nitrogens is 1. The van der Waals surface area contributed by atoms with Crippen molar-refractivity contribution in [2.45, 2.75) is 0 Å². The summed E-state index contributed by atoms with van der Waals surface area (Å²) in [5, 5.41) is 9.62. The summed E-state index contributed by atoms with van der Waals surface area (Å²) >= 11 is 1.85. The van der Waals surface area contributed by atoms with Gasteiger partial charge < -0.3 is 13.9 Å². The van der Waals surface area contributed by atoms with Gasteiger partial charge in [0.15, 0.2) is 0 Å². The summed E-state index contributed by atoms with van der Waals surface area (Å²) in [6, 6.07) is 61.4. The highest BCUT2D eigenvalue weighted by Gasteiger charge is 2.22. The fourth-order valence-corrected chi connectivity index (χ4v) is 8.99. The largest absolute Gasteiger partial charge is 0.456 e. The molecule has 0 spiro atoms. The van der Waals surface area contributed by atoms with Crippen LogP contribution in [0.2, 0.25) is 0 Å². The van der Waals surface area contributed by atoms with Gasteiger partial charge in [-0.25, -0.2) is 0 Å². The SMILES string of the molecule is c1ccc(-n2c3ccccc3c3cccc(N(c4ccc5cc6c(cc5c4)oc4ccccc46)c4ccc5sc6ccccc6c5c4)c32)cc1. The summed E-state index contributed by atoms with van der Waals surface area (Å²) in [7, 11) is 0. The van der Waals surface area contributed by atoms with Crippen molar-refractivity contribution in [1.82, 2.24) is 4.57 Å². The molecule has 3 nitrogen and oxygen atoms in total. The van der Waals surface area contributed by atoms with Crippen LogP contribution >= 0.6 is 11.3 Å². The molecule has 11 aromatic rings. The molecule has 0 unspecified atom stereocenters. The lowest BCUT2D eigenvalue weighted by Gasteiger charge is -2.27. The zero-order chi connectivity index (χ0) is 32.8. The highest BCUT2D eigenvalue weighted by molar-refractivity contribution is 7.25. The Morgan fingerprint density at radius 3 is 2.08 bits per heavy atom. The van der Waals surface area contributed by atoms with Crippen LogP contribution in [0.4, 0.5) is 17.1 Å². The number of hydrogen-bond acceptors (Lipinski definition) is 3. The Bertz CT molecular complexity index is 3110. The first-order chi connectivity index (χ1) is 24.8. The average molecular weight is 657 g/mol. The number of anilines is 3. The molecule has 0 fully saturated rings. The second kappa shape index (κ2) is 10.6. The number of nitrogens with zero attached hydrogens (tertiary/aromatic N) is 2. The Labute approximate surface area is 291 Å². The summed E-state index contributed by atoms with van der Waals surface area (Å²) in [5.74, 6) is 0. The molecule has 0 bridgehead atoms. The van der Waals surface area contributed by atoms with Crippen molar-refractivity contribution >= 4 is 103 Å². The second-order valence-corrected chi connectivity index (χ2v) is 14.0. The highest BCUT2D eigenvalue weighted by atomic mass is 32.1. The van der Waals surface area contributed by atoms with E-state index in [0.717, 1.165) is 50.1 Å². The number of fused-ring (bicyclic) bond motifs is 10. The molecule has 234 valence electrons. The van der Waals surface area contributed by atoms with E-state index in [2.05, 4.69) is 167 Å². The zero-order valence-corrected chi connectivity index (χ0v) is 27.7. The van der Waals surface area contributed by atoms with E-state index in [1.54, 1.807) is 0 Å². The Kier molecular flexibility index (Phi) is 5.83. The molecule has 0 saturated heterocycles. The Morgan fingerprint density at radius 2 is 1.16 bits per heavy atom. The van der Waals surface area contributed by atoms with Gasteiger partial charge in [-0.2, -0.15) is 0 Å². The maximum Gasteiger partial charge on any atom is 0.136 e. The molecule has 11 rings (SSSR count). The second-order valence-electron chi connectivity index (χ2n) is 13.0. The van der Waals surface area contributed by atoms with E-state index in [-0.39, 0.29) is 0 Å². The highest BCUT2D eigenvalue weighted by Crippen LogP contribution is 2.46. The van der Waals surface area contributed by atoms with Crippen molar-refractivity contribution in [3.05, 3.63) is 170 Å². The number of rotatable bonds is 4. The van der Waals surface area contributed by atoms with E-state index in [1.165, 1.54) is 47.4 Å². The van der Waals surface area contributed by atoms with Crippen LogP contribution in [0.3, 0.4) is 0 Å². The summed E-state index contributed by atoms with van der Waals surface area (Å²) in [5.41, 5.74) is 8.62. The van der Waals surface area contributed by atoms with E-state index < -0.39 is 0 Å². The fraction of sp³-hybridized carbons (Fsp3) is 0. The number of thiophene rings is 1. The molecule has 8 aromatic carbocycles. The van der Waals surface area contributed by atoms with Crippen molar-refractivity contribution < 1.29 is 4.42 Å². The Morgan fingerprint density at radius 1 is 0.440 bits per heavy atom. The summed E-state index contributed by atoms with van der Waals surface area (Å²) < 4.78 is 11.4. The van der Waals surface area contributed by atoms with Crippen molar-refractivity contribution in [2.24, 2.45) is 0 Å². The molecule has 0 atom stereocenters. The van der Waals surface area contributed by atoms with Crippen molar-refractivity contribution in [3.63, 3.8) is 0 Å². The van der Waals surface area contributed by atoms with Gasteiger partial charge in [0.05, 0.1) is 16.7 Å².